The van der Waals surface area contributed by atoms with E-state index in [4.69, 9.17) is 9.47 Å². The number of carbonyl (C=O) groups is 1. The lowest BCUT2D eigenvalue weighted by molar-refractivity contribution is -0.302. The third kappa shape index (κ3) is 40.9. The van der Waals surface area contributed by atoms with Crippen molar-refractivity contribution in [2.45, 2.75) is 314 Å². The first-order valence-corrected chi connectivity index (χ1v) is 30.0. The van der Waals surface area contributed by atoms with Gasteiger partial charge in [-0.1, -0.05) is 248 Å². The highest BCUT2D eigenvalue weighted by Crippen LogP contribution is 2.23. The Hall–Kier alpha value is -2.11. The van der Waals surface area contributed by atoms with Crippen molar-refractivity contribution >= 4 is 5.91 Å². The minimum Gasteiger partial charge on any atom is -0.394 e. The van der Waals surface area contributed by atoms with Gasteiger partial charge in [-0.05, 0) is 77.0 Å². The largest absolute Gasteiger partial charge is 0.394 e. The van der Waals surface area contributed by atoms with Crippen molar-refractivity contribution in [1.82, 2.24) is 5.32 Å². The second-order valence-corrected chi connectivity index (χ2v) is 20.8. The zero-order chi connectivity index (χ0) is 51.5. The van der Waals surface area contributed by atoms with Gasteiger partial charge in [-0.15, -0.1) is 0 Å². The van der Waals surface area contributed by atoms with Crippen molar-refractivity contribution in [1.29, 1.82) is 0 Å². The van der Waals surface area contributed by atoms with E-state index >= 15 is 0 Å². The molecule has 1 aliphatic rings. The molecule has 1 saturated heterocycles. The molecule has 414 valence electrons. The molecule has 0 spiro atoms. The van der Waals surface area contributed by atoms with E-state index in [0.29, 0.717) is 6.42 Å². The van der Waals surface area contributed by atoms with Crippen LogP contribution in [0.1, 0.15) is 271 Å². The van der Waals surface area contributed by atoms with Crippen LogP contribution in [0.25, 0.3) is 0 Å². The van der Waals surface area contributed by atoms with E-state index in [1.165, 1.54) is 193 Å². The number of hydrogen-bond donors (Lipinski definition) is 6. The maximum Gasteiger partial charge on any atom is 0.220 e. The molecule has 1 aliphatic heterocycles. The Morgan fingerprint density at radius 1 is 0.479 bits per heavy atom. The van der Waals surface area contributed by atoms with Crippen LogP contribution < -0.4 is 5.32 Å². The van der Waals surface area contributed by atoms with E-state index in [0.717, 1.165) is 57.8 Å². The Bertz CT molecular complexity index is 1300. The number of amides is 1. The van der Waals surface area contributed by atoms with E-state index in [-0.39, 0.29) is 12.5 Å². The van der Waals surface area contributed by atoms with Crippen LogP contribution >= 0.6 is 0 Å². The summed E-state index contributed by atoms with van der Waals surface area (Å²) in [6, 6.07) is -0.830. The molecule has 1 fully saturated rings. The molecule has 0 bridgehead atoms. The van der Waals surface area contributed by atoms with Crippen molar-refractivity contribution in [2.75, 3.05) is 13.2 Å². The first-order valence-electron chi connectivity index (χ1n) is 30.0. The number of hydrogen-bond acceptors (Lipinski definition) is 8. The van der Waals surface area contributed by atoms with Crippen molar-refractivity contribution in [3.05, 3.63) is 60.8 Å². The minimum atomic E-state index is -1.58. The Morgan fingerprint density at radius 3 is 1.27 bits per heavy atom. The van der Waals surface area contributed by atoms with Crippen molar-refractivity contribution in [3.63, 3.8) is 0 Å². The van der Waals surface area contributed by atoms with Crippen LogP contribution in [-0.2, 0) is 14.3 Å². The van der Waals surface area contributed by atoms with Gasteiger partial charge in [0, 0.05) is 6.42 Å². The topological polar surface area (TPSA) is 149 Å². The first kappa shape index (κ1) is 66.9. The number of allylic oxidation sites excluding steroid dienone is 9. The molecule has 0 aliphatic carbocycles. The Balaban J connectivity index is 2.18. The Morgan fingerprint density at radius 2 is 0.845 bits per heavy atom. The number of aliphatic hydroxyl groups excluding tert-OH is 5. The van der Waals surface area contributed by atoms with E-state index < -0.39 is 49.5 Å². The average molecular weight is 1000 g/mol. The van der Waals surface area contributed by atoms with Crippen LogP contribution in [0.5, 0.6) is 0 Å². The summed E-state index contributed by atoms with van der Waals surface area (Å²) in [4.78, 5) is 13.1. The summed E-state index contributed by atoms with van der Waals surface area (Å²) in [6.45, 7) is 3.76. The predicted molar refractivity (Wildman–Crippen MR) is 299 cm³/mol. The van der Waals surface area contributed by atoms with Gasteiger partial charge in [-0.3, -0.25) is 4.79 Å². The predicted octanol–water partition coefficient (Wildman–Crippen LogP) is 15.1. The molecule has 1 amide bonds. The second kappa shape index (κ2) is 51.4. The number of aliphatic hydroxyl groups is 5. The molecule has 0 aromatic carbocycles. The monoisotopic (exact) mass is 1000 g/mol. The quantitative estimate of drug-likeness (QED) is 0.0261. The number of carbonyl (C=O) groups excluding carboxylic acids is 1. The van der Waals surface area contributed by atoms with Crippen LogP contribution in [0.4, 0.5) is 0 Å². The van der Waals surface area contributed by atoms with E-state index in [1.807, 2.05) is 6.08 Å². The smallest absolute Gasteiger partial charge is 0.220 e. The van der Waals surface area contributed by atoms with Gasteiger partial charge in [-0.2, -0.15) is 0 Å². The van der Waals surface area contributed by atoms with Gasteiger partial charge in [0.25, 0.3) is 0 Å². The summed E-state index contributed by atoms with van der Waals surface area (Å²) in [7, 11) is 0. The minimum absolute atomic E-state index is 0.190. The van der Waals surface area contributed by atoms with Crippen LogP contribution in [0.15, 0.2) is 60.8 Å². The molecule has 9 heteroatoms. The summed E-state index contributed by atoms with van der Waals surface area (Å²) < 4.78 is 11.2. The lowest BCUT2D eigenvalue weighted by Crippen LogP contribution is -2.60. The van der Waals surface area contributed by atoms with Gasteiger partial charge in [0.2, 0.25) is 5.91 Å². The summed E-state index contributed by atoms with van der Waals surface area (Å²) in [5, 5.41) is 54.5. The highest BCUT2D eigenvalue weighted by Gasteiger charge is 2.44. The molecule has 0 radical (unpaired) electrons. The Kier molecular flexibility index (Phi) is 48.4. The fraction of sp³-hybridized carbons (Fsp3) is 0.823. The second-order valence-electron chi connectivity index (χ2n) is 20.8. The van der Waals surface area contributed by atoms with E-state index in [9.17, 15) is 30.3 Å². The standard InChI is InChI=1S/C62H113NO8/c1-3-5-7-9-11-13-15-17-19-21-22-23-24-25-26-27-28-29-30-31-32-33-34-36-38-40-42-44-46-48-50-52-58(66)63-55(54-70-62-61(69)60(68)59(67)57(53-64)71-62)56(65)51-49-47-45-43-41-39-37-35-20-18-16-14-12-10-8-6-4-2/h20,22-23,25-26,35,41,43,49,51,55-57,59-62,64-65,67-69H,3-19,21,24,27-34,36-40,42,44-48,50,52-54H2,1-2H3,(H,63,66)/b23-22-,26-25-,35-20+,43-41+,51-49+. The van der Waals surface area contributed by atoms with Crippen LogP contribution in [0.3, 0.4) is 0 Å². The fourth-order valence-electron chi connectivity index (χ4n) is 9.28. The zero-order valence-corrected chi connectivity index (χ0v) is 46.0. The van der Waals surface area contributed by atoms with Crippen molar-refractivity contribution in [3.8, 4) is 0 Å². The lowest BCUT2D eigenvalue weighted by atomic mass is 9.99. The van der Waals surface area contributed by atoms with Gasteiger partial charge in [0.15, 0.2) is 6.29 Å². The normalized spacial score (nSPS) is 19.7. The maximum absolute atomic E-state index is 13.1. The third-order valence-corrected chi connectivity index (χ3v) is 14.0. The zero-order valence-electron chi connectivity index (χ0n) is 46.0. The highest BCUT2D eigenvalue weighted by molar-refractivity contribution is 5.76. The highest BCUT2D eigenvalue weighted by atomic mass is 16.7. The molecular weight excluding hydrogens is 887 g/mol. The Labute approximate surface area is 436 Å². The fourth-order valence-corrected chi connectivity index (χ4v) is 9.28. The van der Waals surface area contributed by atoms with Crippen LogP contribution in [0.2, 0.25) is 0 Å². The van der Waals surface area contributed by atoms with E-state index in [1.54, 1.807) is 6.08 Å². The molecule has 1 heterocycles. The van der Waals surface area contributed by atoms with Gasteiger partial charge in [0.05, 0.1) is 25.4 Å². The first-order chi connectivity index (χ1) is 34.8. The summed E-state index contributed by atoms with van der Waals surface area (Å²) in [5.41, 5.74) is 0. The van der Waals surface area contributed by atoms with E-state index in [2.05, 4.69) is 67.8 Å². The third-order valence-electron chi connectivity index (χ3n) is 14.0. The van der Waals surface area contributed by atoms with Crippen LogP contribution in [-0.4, -0.2) is 87.5 Å². The summed E-state index contributed by atoms with van der Waals surface area (Å²) in [6.07, 6.45) is 63.0. The number of rotatable bonds is 51. The SMILES string of the molecule is CCCCCCCCC/C=C/CC/C=C/CC/C=C/C(O)C(COC1OC(CO)C(O)C(O)C1O)NC(=O)CCCCCCCCCCCCCCCCC/C=C\C/C=C\CCCCCCCCCCC. The van der Waals surface area contributed by atoms with Gasteiger partial charge >= 0.3 is 0 Å². The van der Waals surface area contributed by atoms with Gasteiger partial charge in [-0.25, -0.2) is 0 Å². The molecule has 0 aromatic rings. The summed E-state index contributed by atoms with van der Waals surface area (Å²) >= 11 is 0. The van der Waals surface area contributed by atoms with Gasteiger partial charge < -0.3 is 40.3 Å². The lowest BCUT2D eigenvalue weighted by Gasteiger charge is -2.40. The summed E-state index contributed by atoms with van der Waals surface area (Å²) in [5.74, 6) is -0.190. The molecule has 7 unspecified atom stereocenters. The number of nitrogens with one attached hydrogen (secondary N) is 1. The molecule has 71 heavy (non-hydrogen) atoms. The van der Waals surface area contributed by atoms with Crippen molar-refractivity contribution in [2.24, 2.45) is 0 Å². The van der Waals surface area contributed by atoms with Crippen LogP contribution in [0, 0.1) is 0 Å². The molecule has 0 saturated carbocycles. The molecule has 6 N–H and O–H groups in total. The molecule has 0 aromatic heterocycles. The molecule has 7 atom stereocenters. The molecule has 9 nitrogen and oxygen atoms in total. The molecular formula is C62H113NO8. The average Bonchev–Trinajstić information content (AvgIpc) is 3.37. The number of unbranched alkanes of at least 4 members (excludes halogenated alkanes) is 33. The molecule has 1 rings (SSSR count). The van der Waals surface area contributed by atoms with Crippen molar-refractivity contribution < 1.29 is 39.8 Å². The number of ether oxygens (including phenoxy) is 2. The van der Waals surface area contributed by atoms with Gasteiger partial charge in [0.1, 0.15) is 24.4 Å². The maximum atomic E-state index is 13.1.